The van der Waals surface area contributed by atoms with Crippen LogP contribution in [0.25, 0.3) is 0 Å². The fourth-order valence-corrected chi connectivity index (χ4v) is 2.87. The maximum atomic E-state index is 6.13. The van der Waals surface area contributed by atoms with Gasteiger partial charge in [0.15, 0.2) is 0 Å². The summed E-state index contributed by atoms with van der Waals surface area (Å²) < 4.78 is 5.52. The van der Waals surface area contributed by atoms with Crippen molar-refractivity contribution >= 4 is 0 Å². The quantitative estimate of drug-likeness (QED) is 0.595. The summed E-state index contributed by atoms with van der Waals surface area (Å²) in [5.41, 5.74) is 6.62. The van der Waals surface area contributed by atoms with Crippen LogP contribution in [0.3, 0.4) is 0 Å². The van der Waals surface area contributed by atoms with E-state index in [4.69, 9.17) is 10.5 Å². The Labute approximate surface area is 74.5 Å². The number of rotatable bonds is 0. The van der Waals surface area contributed by atoms with Crippen LogP contribution < -0.4 is 5.73 Å². The molecular weight excluding hydrogens is 150 g/mol. The molecule has 2 nitrogen and oxygen atoms in total. The van der Waals surface area contributed by atoms with Gasteiger partial charge in [0.25, 0.3) is 0 Å². The Balaban J connectivity index is 2.12. The molecule has 70 valence electrons. The number of hydrogen-bond donors (Lipinski definition) is 1. The maximum absolute atomic E-state index is 6.13. The topological polar surface area (TPSA) is 35.2 Å². The highest BCUT2D eigenvalue weighted by molar-refractivity contribution is 4.94. The lowest BCUT2D eigenvalue weighted by Crippen LogP contribution is -2.52. The van der Waals surface area contributed by atoms with Gasteiger partial charge in [0, 0.05) is 6.04 Å². The van der Waals surface area contributed by atoms with Crippen LogP contribution in [0, 0.1) is 17.3 Å². The smallest absolute Gasteiger partial charge is 0.0509 e. The normalized spacial score (nSPS) is 45.8. The van der Waals surface area contributed by atoms with E-state index < -0.39 is 0 Å². The first kappa shape index (κ1) is 8.52. The van der Waals surface area contributed by atoms with E-state index in [0.717, 1.165) is 13.2 Å². The first-order chi connectivity index (χ1) is 5.58. The first-order valence-corrected chi connectivity index (χ1v) is 4.92. The van der Waals surface area contributed by atoms with E-state index in [2.05, 4.69) is 13.8 Å². The van der Waals surface area contributed by atoms with Crippen molar-refractivity contribution in [3.05, 3.63) is 0 Å². The molecule has 2 unspecified atom stereocenters. The summed E-state index contributed by atoms with van der Waals surface area (Å²) in [6.45, 7) is 6.48. The minimum Gasteiger partial charge on any atom is -0.381 e. The molecule has 1 aliphatic carbocycles. The SMILES string of the molecule is CC1(C)CC2COCC(C1)C2N. The van der Waals surface area contributed by atoms with Gasteiger partial charge >= 0.3 is 0 Å². The summed E-state index contributed by atoms with van der Waals surface area (Å²) in [6.07, 6.45) is 2.48. The molecule has 1 aliphatic heterocycles. The molecule has 2 atom stereocenters. The lowest BCUT2D eigenvalue weighted by molar-refractivity contribution is -0.0607. The predicted octanol–water partition coefficient (Wildman–Crippen LogP) is 1.40. The molecule has 2 bridgehead atoms. The van der Waals surface area contributed by atoms with Crippen LogP contribution in [0.5, 0.6) is 0 Å². The van der Waals surface area contributed by atoms with Gasteiger partial charge in [-0.05, 0) is 30.1 Å². The molecule has 1 heterocycles. The summed E-state index contributed by atoms with van der Waals surface area (Å²) in [5.74, 6) is 1.24. The van der Waals surface area contributed by atoms with Crippen molar-refractivity contribution in [2.45, 2.75) is 32.7 Å². The Morgan fingerprint density at radius 1 is 1.17 bits per heavy atom. The summed E-state index contributed by atoms with van der Waals surface area (Å²) in [7, 11) is 0. The van der Waals surface area contributed by atoms with Gasteiger partial charge in [-0.15, -0.1) is 0 Å². The molecule has 0 amide bonds. The molecule has 0 spiro atoms. The van der Waals surface area contributed by atoms with E-state index in [0.29, 0.717) is 23.3 Å². The third-order valence-corrected chi connectivity index (χ3v) is 3.38. The standard InChI is InChI=1S/C10H19NO/c1-10(2)3-7-5-12-6-8(4-10)9(7)11/h7-9H,3-6,11H2,1-2H3. The highest BCUT2D eigenvalue weighted by Gasteiger charge is 2.42. The van der Waals surface area contributed by atoms with E-state index in [-0.39, 0.29) is 0 Å². The first-order valence-electron chi connectivity index (χ1n) is 4.92. The molecule has 0 radical (unpaired) electrons. The van der Waals surface area contributed by atoms with Gasteiger partial charge in [0.05, 0.1) is 13.2 Å². The van der Waals surface area contributed by atoms with Crippen LogP contribution in [-0.4, -0.2) is 19.3 Å². The molecule has 2 fully saturated rings. The van der Waals surface area contributed by atoms with Crippen molar-refractivity contribution in [1.29, 1.82) is 0 Å². The van der Waals surface area contributed by atoms with Gasteiger partial charge in [-0.3, -0.25) is 0 Å². The van der Waals surface area contributed by atoms with Crippen molar-refractivity contribution in [2.75, 3.05) is 13.2 Å². The second-order valence-corrected chi connectivity index (χ2v) is 5.21. The van der Waals surface area contributed by atoms with E-state index in [1.807, 2.05) is 0 Å². The van der Waals surface area contributed by atoms with Crippen molar-refractivity contribution in [1.82, 2.24) is 0 Å². The second kappa shape index (κ2) is 2.71. The summed E-state index contributed by atoms with van der Waals surface area (Å²) in [6, 6.07) is 0.409. The molecule has 1 saturated heterocycles. The average Bonchev–Trinajstić information content (AvgIpc) is 1.92. The molecule has 2 N–H and O–H groups in total. The Bertz CT molecular complexity index is 163. The Morgan fingerprint density at radius 3 is 2.17 bits per heavy atom. The van der Waals surface area contributed by atoms with Gasteiger partial charge in [0.2, 0.25) is 0 Å². The van der Waals surface area contributed by atoms with Crippen molar-refractivity contribution < 1.29 is 4.74 Å². The van der Waals surface area contributed by atoms with E-state index in [1.165, 1.54) is 12.8 Å². The van der Waals surface area contributed by atoms with Gasteiger partial charge in [-0.1, -0.05) is 13.8 Å². The Morgan fingerprint density at radius 2 is 1.67 bits per heavy atom. The van der Waals surface area contributed by atoms with Crippen molar-refractivity contribution in [3.8, 4) is 0 Å². The number of nitrogens with two attached hydrogens (primary N) is 1. The van der Waals surface area contributed by atoms with Crippen molar-refractivity contribution in [3.63, 3.8) is 0 Å². The molecular formula is C10H19NO. The average molecular weight is 169 g/mol. The van der Waals surface area contributed by atoms with Crippen LogP contribution in [-0.2, 0) is 4.74 Å². The zero-order chi connectivity index (χ0) is 8.77. The minimum absolute atomic E-state index is 0.409. The fraction of sp³-hybridized carbons (Fsp3) is 1.00. The number of hydrogen-bond acceptors (Lipinski definition) is 2. The summed E-state index contributed by atoms with van der Waals surface area (Å²) in [5, 5.41) is 0. The molecule has 0 aromatic heterocycles. The van der Waals surface area contributed by atoms with Gasteiger partial charge in [-0.2, -0.15) is 0 Å². The van der Waals surface area contributed by atoms with E-state index in [1.54, 1.807) is 0 Å². The third-order valence-electron chi connectivity index (χ3n) is 3.38. The fourth-order valence-electron chi connectivity index (χ4n) is 2.87. The van der Waals surface area contributed by atoms with E-state index in [9.17, 15) is 0 Å². The summed E-state index contributed by atoms with van der Waals surface area (Å²) in [4.78, 5) is 0. The third kappa shape index (κ3) is 1.38. The zero-order valence-corrected chi connectivity index (χ0v) is 8.05. The predicted molar refractivity (Wildman–Crippen MR) is 48.8 cm³/mol. The Kier molecular flexibility index (Phi) is 1.92. The number of ether oxygens (including phenoxy) is 1. The van der Waals surface area contributed by atoms with Gasteiger partial charge < -0.3 is 10.5 Å². The minimum atomic E-state index is 0.409. The molecule has 2 heteroatoms. The van der Waals surface area contributed by atoms with Crippen LogP contribution in [0.4, 0.5) is 0 Å². The van der Waals surface area contributed by atoms with Gasteiger partial charge in [0.1, 0.15) is 0 Å². The number of fused-ring (bicyclic) bond motifs is 2. The highest BCUT2D eigenvalue weighted by Crippen LogP contribution is 2.43. The molecule has 0 aromatic carbocycles. The van der Waals surface area contributed by atoms with Crippen LogP contribution >= 0.6 is 0 Å². The van der Waals surface area contributed by atoms with Crippen LogP contribution in [0.15, 0.2) is 0 Å². The molecule has 2 rings (SSSR count). The molecule has 2 aliphatic rings. The maximum Gasteiger partial charge on any atom is 0.0509 e. The van der Waals surface area contributed by atoms with Crippen molar-refractivity contribution in [2.24, 2.45) is 23.0 Å². The lowest BCUT2D eigenvalue weighted by Gasteiger charge is -2.47. The largest absolute Gasteiger partial charge is 0.381 e. The molecule has 12 heavy (non-hydrogen) atoms. The van der Waals surface area contributed by atoms with Crippen LogP contribution in [0.2, 0.25) is 0 Å². The van der Waals surface area contributed by atoms with Gasteiger partial charge in [-0.25, -0.2) is 0 Å². The highest BCUT2D eigenvalue weighted by atomic mass is 16.5. The molecule has 1 saturated carbocycles. The lowest BCUT2D eigenvalue weighted by atomic mass is 9.64. The monoisotopic (exact) mass is 169 g/mol. The zero-order valence-electron chi connectivity index (χ0n) is 8.05. The second-order valence-electron chi connectivity index (χ2n) is 5.21. The van der Waals surface area contributed by atoms with Crippen LogP contribution in [0.1, 0.15) is 26.7 Å². The molecule has 0 aromatic rings. The Hall–Kier alpha value is -0.0800. The summed E-state index contributed by atoms with van der Waals surface area (Å²) >= 11 is 0. The van der Waals surface area contributed by atoms with E-state index >= 15 is 0 Å².